The van der Waals surface area contributed by atoms with Crippen LogP contribution < -0.4 is 14.5 Å². The van der Waals surface area contributed by atoms with Gasteiger partial charge in [-0.2, -0.15) is 12.1 Å². The van der Waals surface area contributed by atoms with E-state index in [0.29, 0.717) is 11.5 Å². The van der Waals surface area contributed by atoms with Crippen LogP contribution in [0.2, 0.25) is 0 Å². The number of hydrogen-bond donors (Lipinski definition) is 0. The van der Waals surface area contributed by atoms with Gasteiger partial charge in [0.2, 0.25) is 0 Å². The quantitative estimate of drug-likeness (QED) is 0.142. The molecule has 9 heteroatoms. The number of para-hydroxylation sites is 7. The Morgan fingerprint density at radius 2 is 0.880 bits per heavy atom. The van der Waals surface area contributed by atoms with Gasteiger partial charge in [-0.15, -0.1) is 48.1 Å². The third kappa shape index (κ3) is 8.52. The van der Waals surface area contributed by atoms with E-state index in [1.54, 1.807) is 0 Å². The van der Waals surface area contributed by atoms with E-state index >= 15 is 0 Å². The van der Waals surface area contributed by atoms with Gasteiger partial charge in [-0.3, -0.25) is 4.98 Å². The predicted molar refractivity (Wildman–Crippen MR) is 338 cm³/mol. The summed E-state index contributed by atoms with van der Waals surface area (Å²) >= 11 is 0. The van der Waals surface area contributed by atoms with E-state index in [2.05, 4.69) is 291 Å². The first-order valence-electron chi connectivity index (χ1n) is 28.1. The van der Waals surface area contributed by atoms with Crippen LogP contribution in [0.5, 0.6) is 11.5 Å². The first kappa shape index (κ1) is 51.9. The molecule has 8 nitrogen and oxygen atoms in total. The number of rotatable bonds is 8. The average molecular weight is 1260 g/mol. The summed E-state index contributed by atoms with van der Waals surface area (Å²) in [6.45, 7) is 17.7. The fourth-order valence-electron chi connectivity index (χ4n) is 12.3. The molecule has 0 spiro atoms. The van der Waals surface area contributed by atoms with Crippen molar-refractivity contribution in [1.82, 2.24) is 23.7 Å². The fraction of sp³-hybridized carbons (Fsp3) is 0.122. The maximum atomic E-state index is 6.79. The SMILES string of the molecule is Cc1cc(-n2c3[c-]c(Oc4[c-]c(N5[CH-]N(c6cc(C(C)(C)C)nc(C(C)(C)C)c6)c6ccccc65)ccc4)ccc3c3ccccc32)ncc1-c1c(-n2c3ccccc3c3ccccc32)cccc1-n1c2ccccc2c2ccccc21.[Pt]. The third-order valence-electron chi connectivity index (χ3n) is 16.3. The maximum absolute atomic E-state index is 6.79. The van der Waals surface area contributed by atoms with E-state index in [-0.39, 0.29) is 31.9 Å². The molecule has 0 N–H and O–H groups in total. The monoisotopic (exact) mass is 1260 g/mol. The Kier molecular flexibility index (Phi) is 12.3. The summed E-state index contributed by atoms with van der Waals surface area (Å²) in [6.07, 6.45) is 2.08. The summed E-state index contributed by atoms with van der Waals surface area (Å²) in [4.78, 5) is 15.1. The molecule has 1 aliphatic heterocycles. The van der Waals surface area contributed by atoms with Crippen molar-refractivity contribution >= 4 is 88.2 Å². The number of pyridine rings is 2. The number of hydrogen-bond acceptors (Lipinski definition) is 5. The maximum Gasteiger partial charge on any atom is 0.135 e. The van der Waals surface area contributed by atoms with Gasteiger partial charge < -0.3 is 28.2 Å². The molecular formula is C74H58N7OPt-3. The van der Waals surface area contributed by atoms with Crippen LogP contribution in [0, 0.1) is 25.7 Å². The van der Waals surface area contributed by atoms with Crippen molar-refractivity contribution in [2.45, 2.75) is 59.3 Å². The molecule has 9 aromatic carbocycles. The van der Waals surface area contributed by atoms with E-state index in [4.69, 9.17) is 14.7 Å². The molecule has 0 saturated heterocycles. The van der Waals surface area contributed by atoms with Crippen LogP contribution in [0.1, 0.15) is 58.5 Å². The van der Waals surface area contributed by atoms with Crippen molar-refractivity contribution in [2.24, 2.45) is 0 Å². The molecular weight excluding hydrogens is 1200 g/mol. The molecule has 15 rings (SSSR count). The Bertz CT molecular complexity index is 4620. The van der Waals surface area contributed by atoms with Crippen LogP contribution in [0.3, 0.4) is 0 Å². The second-order valence-electron chi connectivity index (χ2n) is 23.6. The molecule has 0 radical (unpaired) electrons. The zero-order valence-corrected chi connectivity index (χ0v) is 49.5. The predicted octanol–water partition coefficient (Wildman–Crippen LogP) is 19.1. The van der Waals surface area contributed by atoms with Gasteiger partial charge in [-0.1, -0.05) is 156 Å². The van der Waals surface area contributed by atoms with E-state index in [1.165, 1.54) is 21.5 Å². The van der Waals surface area contributed by atoms with Gasteiger partial charge in [0.1, 0.15) is 5.82 Å². The van der Waals surface area contributed by atoms with Gasteiger partial charge in [0.15, 0.2) is 0 Å². The zero-order valence-electron chi connectivity index (χ0n) is 47.2. The summed E-state index contributed by atoms with van der Waals surface area (Å²) < 4.78 is 13.9. The third-order valence-corrected chi connectivity index (χ3v) is 16.3. The Morgan fingerprint density at radius 3 is 1.40 bits per heavy atom. The molecule has 5 aromatic heterocycles. The van der Waals surface area contributed by atoms with Crippen molar-refractivity contribution in [3.05, 3.63) is 254 Å². The van der Waals surface area contributed by atoms with Crippen LogP contribution in [0.25, 0.3) is 93.7 Å². The number of anilines is 4. The van der Waals surface area contributed by atoms with Crippen molar-refractivity contribution in [3.8, 4) is 39.8 Å². The first-order valence-corrected chi connectivity index (χ1v) is 28.1. The zero-order chi connectivity index (χ0) is 55.6. The minimum Gasteiger partial charge on any atom is -0.509 e. The largest absolute Gasteiger partial charge is 0.509 e. The summed E-state index contributed by atoms with van der Waals surface area (Å²) in [7, 11) is 0. The average Bonchev–Trinajstić information content (AvgIpc) is 3.56. The molecule has 0 fully saturated rings. The number of nitrogens with zero attached hydrogens (tertiary/aromatic N) is 7. The molecule has 1 aliphatic rings. The normalized spacial score (nSPS) is 12.8. The minimum absolute atomic E-state index is 0. The van der Waals surface area contributed by atoms with Crippen molar-refractivity contribution < 1.29 is 25.8 Å². The minimum atomic E-state index is -0.133. The van der Waals surface area contributed by atoms with E-state index < -0.39 is 0 Å². The molecule has 14 aromatic rings. The molecule has 0 saturated carbocycles. The topological polar surface area (TPSA) is 56.3 Å². The molecule has 6 heterocycles. The molecule has 0 amide bonds. The van der Waals surface area contributed by atoms with Gasteiger partial charge >= 0.3 is 0 Å². The molecule has 83 heavy (non-hydrogen) atoms. The summed E-state index contributed by atoms with van der Waals surface area (Å²) in [5.74, 6) is 1.93. The Hall–Kier alpha value is -9.23. The van der Waals surface area contributed by atoms with Crippen LogP contribution >= 0.6 is 0 Å². The van der Waals surface area contributed by atoms with Crippen LogP contribution in [0.4, 0.5) is 22.7 Å². The Morgan fingerprint density at radius 1 is 0.434 bits per heavy atom. The van der Waals surface area contributed by atoms with Crippen molar-refractivity contribution in [3.63, 3.8) is 0 Å². The van der Waals surface area contributed by atoms with E-state index in [9.17, 15) is 0 Å². The summed E-state index contributed by atoms with van der Waals surface area (Å²) in [6, 6.07) is 82.9. The first-order chi connectivity index (χ1) is 39.9. The summed E-state index contributed by atoms with van der Waals surface area (Å²) in [5, 5.41) is 7.00. The smallest absolute Gasteiger partial charge is 0.135 e. The van der Waals surface area contributed by atoms with E-state index in [1.807, 2.05) is 18.2 Å². The number of fused-ring (bicyclic) bond motifs is 10. The van der Waals surface area contributed by atoms with Gasteiger partial charge in [0, 0.05) is 116 Å². The van der Waals surface area contributed by atoms with Gasteiger partial charge in [0.05, 0.1) is 33.4 Å². The van der Waals surface area contributed by atoms with Gasteiger partial charge in [0.25, 0.3) is 0 Å². The Labute approximate surface area is 497 Å². The van der Waals surface area contributed by atoms with Gasteiger partial charge in [-0.25, -0.2) is 4.98 Å². The molecule has 0 atom stereocenters. The molecule has 0 aliphatic carbocycles. The fourth-order valence-corrected chi connectivity index (χ4v) is 12.3. The van der Waals surface area contributed by atoms with Crippen LogP contribution in [0.15, 0.2) is 219 Å². The van der Waals surface area contributed by atoms with Crippen LogP contribution in [-0.2, 0) is 31.9 Å². The summed E-state index contributed by atoms with van der Waals surface area (Å²) in [5.41, 5.74) is 17.7. The second kappa shape index (κ2) is 19.7. The number of aromatic nitrogens is 5. The second-order valence-corrected chi connectivity index (χ2v) is 23.6. The number of aryl methyl sites for hydroxylation is 1. The van der Waals surface area contributed by atoms with E-state index in [0.717, 1.165) is 112 Å². The van der Waals surface area contributed by atoms with Crippen LogP contribution in [-0.4, -0.2) is 23.7 Å². The van der Waals surface area contributed by atoms with Crippen molar-refractivity contribution in [1.29, 1.82) is 0 Å². The van der Waals surface area contributed by atoms with Crippen molar-refractivity contribution in [2.75, 3.05) is 9.80 Å². The Balaban J connectivity index is 0.00000614. The standard InChI is InChI=1S/C74H58N7O.Pt/c1-47-40-71(75-45-58(47)72-66(79-59-29-13-8-24-52(59)53-25-9-14-30-60(53)79)36-21-37-67(72)80-61-31-15-10-26-54(61)55-27-11-16-32-62(55)80)81-63-33-17-12-28-56(63)57-39-38-51(44-68(57)81)82-50-23-20-22-48(41-50)77-46-78(65-35-19-18-34-64(65)77)49-42-69(73(2,3)4)76-70(43-49)74(5,6)7;/h8-40,42-43,45-46H,1-7H3;/q-3;. The number of benzene rings is 9. The molecule has 0 unspecified atom stereocenters. The number of ether oxygens (including phenoxy) is 1. The van der Waals surface area contributed by atoms with Gasteiger partial charge in [-0.05, 0) is 90.7 Å². The molecule has 408 valence electrons. The molecule has 0 bridgehead atoms.